The van der Waals surface area contributed by atoms with E-state index in [1.807, 2.05) is 43.0 Å². The summed E-state index contributed by atoms with van der Waals surface area (Å²) >= 11 is 1.61. The lowest BCUT2D eigenvalue weighted by Gasteiger charge is -2.25. The molecule has 7 heteroatoms. The van der Waals surface area contributed by atoms with E-state index < -0.39 is 6.04 Å². The second-order valence-corrected chi connectivity index (χ2v) is 8.24. The summed E-state index contributed by atoms with van der Waals surface area (Å²) in [5, 5.41) is 2.95. The minimum Gasteiger partial charge on any atom is -0.338 e. The largest absolute Gasteiger partial charge is 0.338 e. The van der Waals surface area contributed by atoms with Gasteiger partial charge < -0.3 is 15.1 Å². The van der Waals surface area contributed by atoms with Crippen molar-refractivity contribution in [3.63, 3.8) is 0 Å². The summed E-state index contributed by atoms with van der Waals surface area (Å²) in [7, 11) is 0. The Balaban J connectivity index is 1.64. The van der Waals surface area contributed by atoms with Gasteiger partial charge in [0, 0.05) is 36.9 Å². The lowest BCUT2D eigenvalue weighted by atomic mass is 10.1. The molecule has 3 amide bonds. The number of hydrogen-bond donors (Lipinski definition) is 1. The maximum atomic E-state index is 12.8. The van der Waals surface area contributed by atoms with Crippen LogP contribution >= 0.6 is 11.8 Å². The summed E-state index contributed by atoms with van der Waals surface area (Å²) in [6, 6.07) is 7.17. The lowest BCUT2D eigenvalue weighted by Crippen LogP contribution is -2.46. The van der Waals surface area contributed by atoms with Crippen molar-refractivity contribution in [1.82, 2.24) is 9.80 Å². The van der Waals surface area contributed by atoms with Crippen LogP contribution in [-0.4, -0.2) is 51.7 Å². The molecule has 2 fully saturated rings. The summed E-state index contributed by atoms with van der Waals surface area (Å²) in [6.07, 6.45) is 2.30. The van der Waals surface area contributed by atoms with Crippen molar-refractivity contribution in [2.75, 3.05) is 23.5 Å². The molecule has 1 aromatic rings. The molecule has 0 unspecified atom stereocenters. The van der Waals surface area contributed by atoms with E-state index in [1.54, 1.807) is 16.7 Å². The van der Waals surface area contributed by atoms with Crippen LogP contribution in [0.5, 0.6) is 0 Å². The first kappa shape index (κ1) is 19.7. The number of carbonyl (C=O) groups excluding carboxylic acids is 3. The molecular formula is C20H27N3O3S. The van der Waals surface area contributed by atoms with Gasteiger partial charge in [-0.2, -0.15) is 0 Å². The van der Waals surface area contributed by atoms with Gasteiger partial charge in [0.15, 0.2) is 0 Å². The van der Waals surface area contributed by atoms with Crippen LogP contribution in [0.2, 0.25) is 0 Å². The molecule has 27 heavy (non-hydrogen) atoms. The summed E-state index contributed by atoms with van der Waals surface area (Å²) in [4.78, 5) is 40.6. The van der Waals surface area contributed by atoms with Gasteiger partial charge in [-0.15, -0.1) is 11.8 Å². The SMILES string of the molecule is CC[C@@H](C)C(=O)N1CSC[C@H]1C(=O)Nc1cccc(CN2CCCC2=O)c1. The standard InChI is InChI=1S/C20H27N3O3S/c1-3-14(2)20(26)23-13-27-12-17(23)19(25)21-16-7-4-6-15(10-16)11-22-9-5-8-18(22)24/h4,6-7,10,14,17H,3,5,8-9,11-13H2,1-2H3,(H,21,25)/t14-,17+/m1/s1. The molecule has 0 aliphatic carbocycles. The number of hydrogen-bond acceptors (Lipinski definition) is 4. The van der Waals surface area contributed by atoms with E-state index in [0.29, 0.717) is 30.3 Å². The molecule has 146 valence electrons. The Hall–Kier alpha value is -2.02. The Morgan fingerprint density at radius 3 is 2.89 bits per heavy atom. The predicted octanol–water partition coefficient (Wildman–Crippen LogP) is 2.70. The first-order chi connectivity index (χ1) is 13.0. The van der Waals surface area contributed by atoms with Gasteiger partial charge in [0.2, 0.25) is 17.7 Å². The van der Waals surface area contributed by atoms with E-state index in [2.05, 4.69) is 5.32 Å². The monoisotopic (exact) mass is 389 g/mol. The Morgan fingerprint density at radius 2 is 2.19 bits per heavy atom. The molecule has 2 aliphatic rings. The van der Waals surface area contributed by atoms with Crippen LogP contribution in [0, 0.1) is 5.92 Å². The number of anilines is 1. The Labute approximate surface area is 164 Å². The quantitative estimate of drug-likeness (QED) is 0.812. The fourth-order valence-electron chi connectivity index (χ4n) is 3.40. The number of benzene rings is 1. The average Bonchev–Trinajstić information content (AvgIpc) is 3.30. The number of thioether (sulfide) groups is 1. The smallest absolute Gasteiger partial charge is 0.248 e. The highest BCUT2D eigenvalue weighted by molar-refractivity contribution is 7.99. The van der Waals surface area contributed by atoms with E-state index in [9.17, 15) is 14.4 Å². The maximum absolute atomic E-state index is 12.8. The highest BCUT2D eigenvalue weighted by Gasteiger charge is 2.36. The van der Waals surface area contributed by atoms with Crippen molar-refractivity contribution >= 4 is 35.2 Å². The third-order valence-corrected chi connectivity index (χ3v) is 6.25. The molecule has 0 aromatic heterocycles. The fraction of sp³-hybridized carbons (Fsp3) is 0.550. The van der Waals surface area contributed by atoms with Crippen LogP contribution in [0.3, 0.4) is 0 Å². The highest BCUT2D eigenvalue weighted by atomic mass is 32.2. The summed E-state index contributed by atoms with van der Waals surface area (Å²) < 4.78 is 0. The van der Waals surface area contributed by atoms with Gasteiger partial charge in [-0.3, -0.25) is 14.4 Å². The van der Waals surface area contributed by atoms with Gasteiger partial charge in [0.05, 0.1) is 5.88 Å². The molecule has 1 aromatic carbocycles. The zero-order valence-electron chi connectivity index (χ0n) is 15.9. The van der Waals surface area contributed by atoms with Gasteiger partial charge in [-0.25, -0.2) is 0 Å². The maximum Gasteiger partial charge on any atom is 0.248 e. The van der Waals surface area contributed by atoms with Crippen LogP contribution in [0.4, 0.5) is 5.69 Å². The Kier molecular flexibility index (Phi) is 6.42. The molecule has 2 atom stereocenters. The summed E-state index contributed by atoms with van der Waals surface area (Å²) in [5.41, 5.74) is 1.70. The van der Waals surface area contributed by atoms with E-state index in [4.69, 9.17) is 0 Å². The zero-order valence-corrected chi connectivity index (χ0v) is 16.8. The van der Waals surface area contributed by atoms with Crippen molar-refractivity contribution in [1.29, 1.82) is 0 Å². The van der Waals surface area contributed by atoms with Crippen molar-refractivity contribution in [3.05, 3.63) is 29.8 Å². The first-order valence-electron chi connectivity index (χ1n) is 9.55. The number of carbonyl (C=O) groups is 3. The number of nitrogens with zero attached hydrogens (tertiary/aromatic N) is 2. The second kappa shape index (κ2) is 8.78. The van der Waals surface area contributed by atoms with Crippen LogP contribution in [-0.2, 0) is 20.9 Å². The highest BCUT2D eigenvalue weighted by Crippen LogP contribution is 2.25. The lowest BCUT2D eigenvalue weighted by molar-refractivity contribution is -0.139. The third kappa shape index (κ3) is 4.64. The van der Waals surface area contributed by atoms with Gasteiger partial charge in [0.1, 0.15) is 6.04 Å². The number of nitrogens with one attached hydrogen (secondary N) is 1. The normalized spacial score (nSPS) is 20.8. The molecule has 3 rings (SSSR count). The van der Waals surface area contributed by atoms with E-state index in [-0.39, 0.29) is 23.6 Å². The molecule has 1 N–H and O–H groups in total. The van der Waals surface area contributed by atoms with Crippen LogP contribution in [0.15, 0.2) is 24.3 Å². The van der Waals surface area contributed by atoms with Gasteiger partial charge >= 0.3 is 0 Å². The van der Waals surface area contributed by atoms with Crippen LogP contribution in [0.1, 0.15) is 38.7 Å². The summed E-state index contributed by atoms with van der Waals surface area (Å²) in [5.74, 6) is 1.20. The van der Waals surface area contributed by atoms with Crippen molar-refractivity contribution in [3.8, 4) is 0 Å². The third-order valence-electron chi connectivity index (χ3n) is 5.24. The summed E-state index contributed by atoms with van der Waals surface area (Å²) in [6.45, 7) is 5.25. The van der Waals surface area contributed by atoms with Crippen molar-refractivity contribution in [2.45, 2.75) is 45.7 Å². The van der Waals surface area contributed by atoms with Crippen LogP contribution in [0.25, 0.3) is 0 Å². The minimum absolute atomic E-state index is 0.0453. The first-order valence-corrected chi connectivity index (χ1v) is 10.7. The number of amides is 3. The van der Waals surface area contributed by atoms with Crippen molar-refractivity contribution in [2.24, 2.45) is 5.92 Å². The average molecular weight is 390 g/mol. The Bertz CT molecular complexity index is 724. The molecule has 2 saturated heterocycles. The van der Waals surface area contributed by atoms with Gasteiger partial charge in [-0.05, 0) is 30.5 Å². The van der Waals surface area contributed by atoms with Crippen LogP contribution < -0.4 is 5.32 Å². The topological polar surface area (TPSA) is 69.7 Å². The molecule has 0 radical (unpaired) electrons. The fourth-order valence-corrected chi connectivity index (χ4v) is 4.56. The zero-order chi connectivity index (χ0) is 19.4. The molecular weight excluding hydrogens is 362 g/mol. The molecule has 0 saturated carbocycles. The molecule has 6 nitrogen and oxygen atoms in total. The van der Waals surface area contributed by atoms with Gasteiger partial charge in [-0.1, -0.05) is 26.0 Å². The second-order valence-electron chi connectivity index (χ2n) is 7.24. The minimum atomic E-state index is -0.430. The number of likely N-dealkylation sites (tertiary alicyclic amines) is 1. The molecule has 2 aliphatic heterocycles. The van der Waals surface area contributed by atoms with E-state index >= 15 is 0 Å². The molecule has 2 heterocycles. The van der Waals surface area contributed by atoms with Gasteiger partial charge in [0.25, 0.3) is 0 Å². The Morgan fingerprint density at radius 1 is 1.37 bits per heavy atom. The van der Waals surface area contributed by atoms with E-state index in [1.165, 1.54) is 0 Å². The van der Waals surface area contributed by atoms with E-state index in [0.717, 1.165) is 24.9 Å². The molecule has 0 bridgehead atoms. The van der Waals surface area contributed by atoms with Crippen molar-refractivity contribution < 1.29 is 14.4 Å². The molecule has 0 spiro atoms. The number of rotatable bonds is 6. The predicted molar refractivity (Wildman–Crippen MR) is 107 cm³/mol.